The molecule has 1 aromatic carbocycles. The number of hydrogen-bond acceptors (Lipinski definition) is 2. The van der Waals surface area contributed by atoms with E-state index in [0.29, 0.717) is 10.0 Å². The van der Waals surface area contributed by atoms with E-state index in [4.69, 9.17) is 10.8 Å². The topological polar surface area (TPSA) is 46.2 Å². The summed E-state index contributed by atoms with van der Waals surface area (Å²) >= 11 is 3.01. The second-order valence-electron chi connectivity index (χ2n) is 3.39. The Labute approximate surface area is 112 Å². The van der Waals surface area contributed by atoms with Crippen molar-refractivity contribution in [2.75, 3.05) is 6.61 Å². The van der Waals surface area contributed by atoms with Gasteiger partial charge in [0.2, 0.25) is 0 Å². The van der Waals surface area contributed by atoms with Gasteiger partial charge in [-0.3, -0.25) is 0 Å². The minimum atomic E-state index is -4.39. The number of nitrogens with two attached hydrogens (primary N) is 1. The third kappa shape index (κ3) is 4.83. The minimum absolute atomic E-state index is 0. The summed E-state index contributed by atoms with van der Waals surface area (Å²) in [4.78, 5) is 0. The maximum atomic E-state index is 12.5. The van der Waals surface area contributed by atoms with Crippen molar-refractivity contribution in [3.05, 3.63) is 33.8 Å². The molecule has 1 atom stereocenters. The second kappa shape index (κ2) is 6.58. The van der Waals surface area contributed by atoms with E-state index in [2.05, 4.69) is 15.9 Å². The van der Waals surface area contributed by atoms with Gasteiger partial charge in [0.1, 0.15) is 0 Å². The van der Waals surface area contributed by atoms with E-state index in [0.717, 1.165) is 12.1 Å². The number of alkyl halides is 3. The number of hydrogen-bond donors (Lipinski definition) is 2. The molecular weight excluding hydrogens is 322 g/mol. The van der Waals surface area contributed by atoms with Crippen LogP contribution < -0.4 is 5.73 Å². The molecule has 0 saturated carbocycles. The smallest absolute Gasteiger partial charge is 0.396 e. The van der Waals surface area contributed by atoms with Crippen LogP contribution in [-0.2, 0) is 6.18 Å². The van der Waals surface area contributed by atoms with E-state index in [-0.39, 0.29) is 25.4 Å². The Hall–Kier alpha value is -0.300. The van der Waals surface area contributed by atoms with Crippen LogP contribution in [0.1, 0.15) is 23.6 Å². The maximum absolute atomic E-state index is 12.5. The summed E-state index contributed by atoms with van der Waals surface area (Å²) in [7, 11) is 0. The molecule has 0 aliphatic heterocycles. The first-order chi connectivity index (χ1) is 7.34. The fourth-order valence-electron chi connectivity index (χ4n) is 1.30. The molecule has 0 aromatic heterocycles. The third-order valence-corrected chi connectivity index (χ3v) is 2.57. The zero-order chi connectivity index (χ0) is 12.3. The van der Waals surface area contributed by atoms with Crippen LogP contribution in [0, 0.1) is 0 Å². The molecule has 0 amide bonds. The molecule has 7 heteroatoms. The monoisotopic (exact) mass is 333 g/mol. The van der Waals surface area contributed by atoms with Crippen LogP contribution in [0.4, 0.5) is 13.2 Å². The molecule has 1 aromatic rings. The molecule has 1 rings (SSSR count). The highest BCUT2D eigenvalue weighted by Gasteiger charge is 2.31. The van der Waals surface area contributed by atoms with E-state index in [9.17, 15) is 13.2 Å². The summed E-state index contributed by atoms with van der Waals surface area (Å²) in [6.45, 7) is -0.158. The van der Waals surface area contributed by atoms with Crippen LogP contribution in [0.5, 0.6) is 0 Å². The molecule has 0 radical (unpaired) electrons. The van der Waals surface area contributed by atoms with Gasteiger partial charge < -0.3 is 10.8 Å². The zero-order valence-electron chi connectivity index (χ0n) is 8.67. The van der Waals surface area contributed by atoms with Crippen LogP contribution in [-0.4, -0.2) is 11.7 Å². The molecule has 98 valence electrons. The van der Waals surface area contributed by atoms with Crippen molar-refractivity contribution >= 4 is 28.3 Å². The average molecular weight is 335 g/mol. The molecule has 0 unspecified atom stereocenters. The van der Waals surface area contributed by atoms with E-state index in [1.54, 1.807) is 0 Å². The Bertz CT molecular complexity index is 373. The molecule has 17 heavy (non-hydrogen) atoms. The number of aliphatic hydroxyl groups excluding tert-OH is 1. The first-order valence-corrected chi connectivity index (χ1v) is 5.38. The summed E-state index contributed by atoms with van der Waals surface area (Å²) in [5.74, 6) is 0. The van der Waals surface area contributed by atoms with E-state index >= 15 is 0 Å². The van der Waals surface area contributed by atoms with Crippen LogP contribution in [0.25, 0.3) is 0 Å². The fourth-order valence-corrected chi connectivity index (χ4v) is 1.81. The molecule has 2 nitrogen and oxygen atoms in total. The van der Waals surface area contributed by atoms with Gasteiger partial charge in [0.25, 0.3) is 0 Å². The molecule has 3 N–H and O–H groups in total. The molecule has 0 aliphatic carbocycles. The normalized spacial score (nSPS) is 13.1. The maximum Gasteiger partial charge on any atom is 0.416 e. The van der Waals surface area contributed by atoms with Gasteiger partial charge in [0.15, 0.2) is 0 Å². The van der Waals surface area contributed by atoms with Gasteiger partial charge in [-0.1, -0.05) is 15.9 Å². The van der Waals surface area contributed by atoms with Crippen molar-refractivity contribution in [1.82, 2.24) is 0 Å². The van der Waals surface area contributed by atoms with Crippen molar-refractivity contribution in [3.8, 4) is 0 Å². The second-order valence-corrected chi connectivity index (χ2v) is 4.31. The van der Waals surface area contributed by atoms with Gasteiger partial charge in [-0.05, 0) is 30.2 Å². The van der Waals surface area contributed by atoms with E-state index in [1.807, 2.05) is 0 Å². The SMILES string of the molecule is Cl.N[C@H](CCO)c1cc(Br)cc(C(F)(F)F)c1. The third-order valence-electron chi connectivity index (χ3n) is 2.12. The van der Waals surface area contributed by atoms with Gasteiger partial charge >= 0.3 is 6.18 Å². The van der Waals surface area contributed by atoms with Gasteiger partial charge in [0, 0.05) is 17.1 Å². The van der Waals surface area contributed by atoms with Crippen LogP contribution in [0.3, 0.4) is 0 Å². The predicted octanol–water partition coefficient (Wildman–Crippen LogP) is 3.27. The highest BCUT2D eigenvalue weighted by molar-refractivity contribution is 9.10. The molecule has 0 saturated heterocycles. The van der Waals surface area contributed by atoms with Gasteiger partial charge in [-0.15, -0.1) is 12.4 Å². The first kappa shape index (κ1) is 16.7. The van der Waals surface area contributed by atoms with Crippen molar-refractivity contribution in [3.63, 3.8) is 0 Å². The number of rotatable bonds is 3. The average Bonchev–Trinajstić information content (AvgIpc) is 2.16. The first-order valence-electron chi connectivity index (χ1n) is 4.58. The van der Waals surface area contributed by atoms with E-state index < -0.39 is 17.8 Å². The van der Waals surface area contributed by atoms with Crippen molar-refractivity contribution in [2.24, 2.45) is 5.73 Å². The highest BCUT2D eigenvalue weighted by atomic mass is 79.9. The summed E-state index contributed by atoms with van der Waals surface area (Å²) in [6, 6.07) is 2.93. The Morgan fingerprint density at radius 3 is 2.35 bits per heavy atom. The minimum Gasteiger partial charge on any atom is -0.396 e. The number of benzene rings is 1. The Morgan fingerprint density at radius 2 is 1.88 bits per heavy atom. The van der Waals surface area contributed by atoms with Crippen molar-refractivity contribution in [2.45, 2.75) is 18.6 Å². The van der Waals surface area contributed by atoms with E-state index in [1.165, 1.54) is 6.07 Å². The standard InChI is InChI=1S/C10H11BrF3NO.ClH/c11-8-4-6(9(15)1-2-16)3-7(5-8)10(12,13)14;/h3-5,9,16H,1-2,15H2;1H/t9-;/m1./s1. The van der Waals surface area contributed by atoms with Gasteiger partial charge in [0.05, 0.1) is 5.56 Å². The fraction of sp³-hybridized carbons (Fsp3) is 0.400. The Balaban J connectivity index is 0.00000256. The lowest BCUT2D eigenvalue weighted by Gasteiger charge is -2.14. The summed E-state index contributed by atoms with van der Waals surface area (Å²) in [6.07, 6.45) is -4.16. The Morgan fingerprint density at radius 1 is 1.29 bits per heavy atom. The number of aliphatic hydroxyl groups is 1. The molecule has 0 spiro atoms. The molecule has 0 bridgehead atoms. The number of halogens is 5. The molecular formula is C10H12BrClF3NO. The van der Waals surface area contributed by atoms with Crippen LogP contribution in [0.2, 0.25) is 0 Å². The highest BCUT2D eigenvalue weighted by Crippen LogP contribution is 2.33. The van der Waals surface area contributed by atoms with Crippen molar-refractivity contribution in [1.29, 1.82) is 0 Å². The summed E-state index contributed by atoms with van der Waals surface area (Å²) in [5, 5.41) is 8.68. The quantitative estimate of drug-likeness (QED) is 0.891. The lowest BCUT2D eigenvalue weighted by Crippen LogP contribution is -2.14. The summed E-state index contributed by atoms with van der Waals surface area (Å²) in [5.41, 5.74) is 5.25. The zero-order valence-corrected chi connectivity index (χ0v) is 11.1. The van der Waals surface area contributed by atoms with Crippen molar-refractivity contribution < 1.29 is 18.3 Å². The molecule has 0 aliphatic rings. The summed E-state index contributed by atoms with van der Waals surface area (Å²) < 4.78 is 37.8. The van der Waals surface area contributed by atoms with Crippen LogP contribution in [0.15, 0.2) is 22.7 Å². The van der Waals surface area contributed by atoms with Gasteiger partial charge in [-0.2, -0.15) is 13.2 Å². The Kier molecular flexibility index (Phi) is 6.47. The molecule has 0 heterocycles. The predicted molar refractivity (Wildman–Crippen MR) is 65.0 cm³/mol. The lowest BCUT2D eigenvalue weighted by atomic mass is 10.0. The largest absolute Gasteiger partial charge is 0.416 e. The van der Waals surface area contributed by atoms with Crippen LogP contribution >= 0.6 is 28.3 Å². The van der Waals surface area contributed by atoms with Gasteiger partial charge in [-0.25, -0.2) is 0 Å². The lowest BCUT2D eigenvalue weighted by molar-refractivity contribution is -0.137. The molecule has 0 fully saturated rings.